The van der Waals surface area contributed by atoms with Gasteiger partial charge in [-0.3, -0.25) is 9.59 Å². The second-order valence-corrected chi connectivity index (χ2v) is 7.28. The molecule has 5 nitrogen and oxygen atoms in total. The summed E-state index contributed by atoms with van der Waals surface area (Å²) in [4.78, 5) is 27.6. The molecular formula is C24H32N2O3. The number of methoxy groups -OCH3 is 1. The molecule has 0 spiro atoms. The van der Waals surface area contributed by atoms with E-state index in [9.17, 15) is 9.59 Å². The van der Waals surface area contributed by atoms with E-state index in [4.69, 9.17) is 4.74 Å². The van der Waals surface area contributed by atoms with E-state index in [0.29, 0.717) is 19.5 Å². The van der Waals surface area contributed by atoms with Gasteiger partial charge in [-0.2, -0.15) is 0 Å². The zero-order valence-electron chi connectivity index (χ0n) is 18.1. The molecule has 2 aromatic rings. The average molecular weight is 397 g/mol. The Hall–Kier alpha value is -2.82. The zero-order valence-corrected chi connectivity index (χ0v) is 18.1. The van der Waals surface area contributed by atoms with Crippen LogP contribution in [0.4, 0.5) is 0 Å². The molecule has 0 radical (unpaired) electrons. The maximum absolute atomic E-state index is 13.3. The van der Waals surface area contributed by atoms with E-state index >= 15 is 0 Å². The van der Waals surface area contributed by atoms with E-state index in [0.717, 1.165) is 22.4 Å². The molecule has 0 aromatic heterocycles. The van der Waals surface area contributed by atoms with Gasteiger partial charge in [-0.25, -0.2) is 0 Å². The number of aryl methyl sites for hydroxylation is 2. The third-order valence-corrected chi connectivity index (χ3v) is 5.18. The highest BCUT2D eigenvalue weighted by Gasteiger charge is 2.28. The van der Waals surface area contributed by atoms with Gasteiger partial charge in [0.2, 0.25) is 11.8 Å². The molecule has 1 atom stereocenters. The lowest BCUT2D eigenvalue weighted by Crippen LogP contribution is -2.49. The first-order valence-electron chi connectivity index (χ1n) is 10.2. The molecule has 2 amide bonds. The van der Waals surface area contributed by atoms with E-state index in [1.54, 1.807) is 12.0 Å². The Morgan fingerprint density at radius 2 is 1.66 bits per heavy atom. The van der Waals surface area contributed by atoms with Crippen molar-refractivity contribution in [3.05, 3.63) is 64.7 Å². The highest BCUT2D eigenvalue weighted by atomic mass is 16.5. The normalized spacial score (nSPS) is 11.6. The van der Waals surface area contributed by atoms with Gasteiger partial charge >= 0.3 is 0 Å². The molecule has 5 heteroatoms. The lowest BCUT2D eigenvalue weighted by Gasteiger charge is -2.30. The molecular weight excluding hydrogens is 364 g/mol. The summed E-state index contributed by atoms with van der Waals surface area (Å²) in [6.45, 7) is 8.83. The Labute approximate surface area is 174 Å². The number of nitrogens with one attached hydrogen (secondary N) is 1. The lowest BCUT2D eigenvalue weighted by atomic mass is 10.0. The van der Waals surface area contributed by atoms with E-state index < -0.39 is 6.04 Å². The molecule has 156 valence electrons. The number of likely N-dealkylation sites (N-methyl/N-ethyl adjacent to an activating group) is 1. The number of hydrogen-bond acceptors (Lipinski definition) is 3. The quantitative estimate of drug-likeness (QED) is 0.701. The summed E-state index contributed by atoms with van der Waals surface area (Å²) in [6.07, 6.45) is 0.827. The highest BCUT2D eigenvalue weighted by Crippen LogP contribution is 2.18. The van der Waals surface area contributed by atoms with Crippen molar-refractivity contribution in [1.29, 1.82) is 0 Å². The molecule has 0 fully saturated rings. The average Bonchev–Trinajstić information content (AvgIpc) is 2.71. The van der Waals surface area contributed by atoms with Gasteiger partial charge < -0.3 is 15.0 Å². The van der Waals surface area contributed by atoms with Crippen LogP contribution in [0, 0.1) is 13.8 Å². The largest absolute Gasteiger partial charge is 0.497 e. The minimum absolute atomic E-state index is 0.0535. The molecule has 0 aliphatic rings. The van der Waals surface area contributed by atoms with Crippen LogP contribution in [-0.2, 0) is 22.6 Å². The molecule has 1 N–H and O–H groups in total. The van der Waals surface area contributed by atoms with Gasteiger partial charge in [0, 0.05) is 13.1 Å². The number of hydrogen-bond donors (Lipinski definition) is 1. The van der Waals surface area contributed by atoms with Crippen molar-refractivity contribution in [2.24, 2.45) is 0 Å². The molecule has 2 rings (SSSR count). The molecule has 0 saturated carbocycles. The van der Waals surface area contributed by atoms with Gasteiger partial charge in [0.25, 0.3) is 0 Å². The van der Waals surface area contributed by atoms with E-state index in [2.05, 4.69) is 12.2 Å². The summed E-state index contributed by atoms with van der Waals surface area (Å²) >= 11 is 0. The lowest BCUT2D eigenvalue weighted by molar-refractivity contribution is -0.140. The monoisotopic (exact) mass is 396 g/mol. The number of carbonyl (C=O) groups excluding carboxylic acids is 2. The molecule has 0 bridgehead atoms. The summed E-state index contributed by atoms with van der Waals surface area (Å²) in [6, 6.07) is 13.2. The van der Waals surface area contributed by atoms with Gasteiger partial charge in [-0.1, -0.05) is 37.3 Å². The first kappa shape index (κ1) is 22.5. The Morgan fingerprint density at radius 1 is 1.00 bits per heavy atom. The van der Waals surface area contributed by atoms with Crippen molar-refractivity contribution in [3.8, 4) is 5.75 Å². The van der Waals surface area contributed by atoms with Crippen LogP contribution in [0.5, 0.6) is 5.75 Å². The van der Waals surface area contributed by atoms with E-state index in [1.807, 2.05) is 63.2 Å². The van der Waals surface area contributed by atoms with Crippen molar-refractivity contribution in [1.82, 2.24) is 10.2 Å². The number of rotatable bonds is 9. The molecule has 0 saturated heterocycles. The SMILES string of the molecule is CCNC(=O)C(CC)N(Cc1ccc(OC)cc1)C(=O)Cc1ccc(C)c(C)c1. The van der Waals surface area contributed by atoms with Crippen LogP contribution in [0.1, 0.15) is 42.5 Å². The predicted molar refractivity (Wildman–Crippen MR) is 116 cm³/mol. The maximum Gasteiger partial charge on any atom is 0.242 e. The Morgan fingerprint density at radius 3 is 2.21 bits per heavy atom. The van der Waals surface area contributed by atoms with E-state index in [-0.39, 0.29) is 18.2 Å². The van der Waals surface area contributed by atoms with Crippen molar-refractivity contribution >= 4 is 11.8 Å². The molecule has 0 aliphatic carbocycles. The van der Waals surface area contributed by atoms with Crippen LogP contribution in [0.25, 0.3) is 0 Å². The van der Waals surface area contributed by atoms with Crippen LogP contribution < -0.4 is 10.1 Å². The Bertz CT molecular complexity index is 831. The van der Waals surface area contributed by atoms with Crippen LogP contribution in [-0.4, -0.2) is 36.4 Å². The van der Waals surface area contributed by atoms with Gasteiger partial charge in [-0.15, -0.1) is 0 Å². The van der Waals surface area contributed by atoms with Crippen LogP contribution in [0.15, 0.2) is 42.5 Å². The summed E-state index contributed by atoms with van der Waals surface area (Å²) in [5, 5.41) is 2.86. The topological polar surface area (TPSA) is 58.6 Å². The molecule has 0 aliphatic heterocycles. The Kier molecular flexibility index (Phi) is 8.25. The van der Waals surface area contributed by atoms with Gasteiger partial charge in [0.05, 0.1) is 13.5 Å². The van der Waals surface area contributed by atoms with Gasteiger partial charge in [-0.05, 0) is 61.6 Å². The standard InChI is InChI=1S/C24H32N2O3/c1-6-22(24(28)25-7-2)26(16-19-10-12-21(29-5)13-11-19)23(27)15-20-9-8-17(3)18(4)14-20/h8-14,22H,6-7,15-16H2,1-5H3,(H,25,28). The highest BCUT2D eigenvalue weighted by molar-refractivity contribution is 5.88. The minimum atomic E-state index is -0.504. The predicted octanol–water partition coefficient (Wildman–Crippen LogP) is 3.80. The third kappa shape index (κ3) is 6.08. The third-order valence-electron chi connectivity index (χ3n) is 5.18. The molecule has 29 heavy (non-hydrogen) atoms. The Balaban J connectivity index is 2.28. The van der Waals surface area contributed by atoms with Gasteiger partial charge in [0.15, 0.2) is 0 Å². The van der Waals surface area contributed by atoms with Crippen LogP contribution in [0.3, 0.4) is 0 Å². The van der Waals surface area contributed by atoms with Crippen molar-refractivity contribution < 1.29 is 14.3 Å². The smallest absolute Gasteiger partial charge is 0.242 e. The number of carbonyl (C=O) groups is 2. The molecule has 1 unspecified atom stereocenters. The fraction of sp³-hybridized carbons (Fsp3) is 0.417. The first-order chi connectivity index (χ1) is 13.9. The second kappa shape index (κ2) is 10.6. The van der Waals surface area contributed by atoms with Crippen LogP contribution >= 0.6 is 0 Å². The summed E-state index contributed by atoms with van der Waals surface area (Å²) in [5.74, 6) is 0.594. The van der Waals surface area contributed by atoms with Crippen molar-refractivity contribution in [2.45, 2.75) is 53.1 Å². The van der Waals surface area contributed by atoms with Crippen molar-refractivity contribution in [2.75, 3.05) is 13.7 Å². The second-order valence-electron chi connectivity index (χ2n) is 7.28. The summed E-state index contributed by atoms with van der Waals surface area (Å²) in [7, 11) is 1.62. The summed E-state index contributed by atoms with van der Waals surface area (Å²) in [5.41, 5.74) is 4.28. The molecule has 2 aromatic carbocycles. The first-order valence-corrected chi connectivity index (χ1v) is 10.2. The number of benzene rings is 2. The maximum atomic E-state index is 13.3. The number of ether oxygens (including phenoxy) is 1. The van der Waals surface area contributed by atoms with E-state index in [1.165, 1.54) is 5.56 Å². The van der Waals surface area contributed by atoms with Gasteiger partial charge in [0.1, 0.15) is 11.8 Å². The van der Waals surface area contributed by atoms with Crippen LogP contribution in [0.2, 0.25) is 0 Å². The molecule has 0 heterocycles. The number of amides is 2. The fourth-order valence-corrected chi connectivity index (χ4v) is 3.33. The fourth-order valence-electron chi connectivity index (χ4n) is 3.33. The minimum Gasteiger partial charge on any atom is -0.497 e. The summed E-state index contributed by atoms with van der Waals surface area (Å²) < 4.78 is 5.22. The number of nitrogens with zero attached hydrogens (tertiary/aromatic N) is 1. The van der Waals surface area contributed by atoms with Crippen molar-refractivity contribution in [3.63, 3.8) is 0 Å². The zero-order chi connectivity index (χ0) is 21.4.